The summed E-state index contributed by atoms with van der Waals surface area (Å²) in [5.74, 6) is 0.768. The van der Waals surface area contributed by atoms with Crippen LogP contribution in [0.15, 0.2) is 18.2 Å². The van der Waals surface area contributed by atoms with Crippen molar-refractivity contribution in [2.24, 2.45) is 5.92 Å². The van der Waals surface area contributed by atoms with E-state index in [1.54, 1.807) is 4.90 Å². The number of hydrogen-bond acceptors (Lipinski definition) is 4. The van der Waals surface area contributed by atoms with Crippen LogP contribution >= 0.6 is 0 Å². The maximum absolute atomic E-state index is 12.2. The Morgan fingerprint density at radius 2 is 1.86 bits per heavy atom. The molecular weight excluding hydrogens is 280 g/mol. The van der Waals surface area contributed by atoms with Crippen LogP contribution in [0.1, 0.15) is 20.8 Å². The van der Waals surface area contributed by atoms with Crippen LogP contribution in [0.25, 0.3) is 0 Å². The maximum atomic E-state index is 12.2. The van der Waals surface area contributed by atoms with Crippen LogP contribution in [-0.2, 0) is 9.53 Å². The number of carbonyl (C=O) groups excluding carboxylic acids is 1. The number of nitrogens with zero attached hydrogens (tertiary/aromatic N) is 2. The van der Waals surface area contributed by atoms with Crippen LogP contribution < -0.4 is 14.5 Å². The van der Waals surface area contributed by atoms with Gasteiger partial charge in [-0.05, 0) is 18.2 Å². The number of carbonyl (C=O) groups is 1. The second-order valence-corrected chi connectivity index (χ2v) is 5.36. The normalized spacial score (nSPS) is 21.3. The minimum absolute atomic E-state index is 0.0999. The first-order valence-electron chi connectivity index (χ1n) is 8.04. The van der Waals surface area contributed by atoms with Gasteiger partial charge in [0.2, 0.25) is 5.91 Å². The lowest BCUT2D eigenvalue weighted by molar-refractivity contribution is -0.122. The third-order valence-electron chi connectivity index (χ3n) is 3.92. The van der Waals surface area contributed by atoms with Gasteiger partial charge in [0.25, 0.3) is 0 Å². The Balaban J connectivity index is 0.000000847. The number of benzene rings is 1. The lowest BCUT2D eigenvalue weighted by Gasteiger charge is -2.30. The van der Waals surface area contributed by atoms with Gasteiger partial charge in [0.1, 0.15) is 5.75 Å². The van der Waals surface area contributed by atoms with Crippen LogP contribution in [-0.4, -0.2) is 45.9 Å². The molecule has 1 atom stereocenters. The van der Waals surface area contributed by atoms with Crippen LogP contribution in [0.2, 0.25) is 0 Å². The number of anilines is 2. The summed E-state index contributed by atoms with van der Waals surface area (Å²) in [4.78, 5) is 16.2. The molecule has 5 heteroatoms. The first kappa shape index (κ1) is 16.6. The molecule has 0 bridgehead atoms. The molecule has 2 aliphatic heterocycles. The van der Waals surface area contributed by atoms with Crippen LogP contribution in [0.4, 0.5) is 11.4 Å². The largest absolute Gasteiger partial charge is 0.491 e. The Kier molecular flexibility index (Phi) is 5.66. The topological polar surface area (TPSA) is 42.0 Å². The fourth-order valence-corrected chi connectivity index (χ4v) is 2.64. The van der Waals surface area contributed by atoms with E-state index < -0.39 is 0 Å². The van der Waals surface area contributed by atoms with Gasteiger partial charge in [-0.15, -0.1) is 0 Å². The van der Waals surface area contributed by atoms with Crippen molar-refractivity contribution in [2.45, 2.75) is 20.8 Å². The van der Waals surface area contributed by atoms with E-state index in [1.165, 1.54) is 0 Å². The molecule has 0 saturated carbocycles. The zero-order valence-corrected chi connectivity index (χ0v) is 14.0. The molecule has 1 amide bonds. The second kappa shape index (κ2) is 7.49. The molecular formula is C17H26N2O3. The Bertz CT molecular complexity index is 513. The predicted octanol–water partition coefficient (Wildman–Crippen LogP) is 2.54. The highest BCUT2D eigenvalue weighted by Gasteiger charge is 2.26. The van der Waals surface area contributed by atoms with Gasteiger partial charge in [-0.25, -0.2) is 0 Å². The van der Waals surface area contributed by atoms with Gasteiger partial charge in [0.15, 0.2) is 0 Å². The van der Waals surface area contributed by atoms with E-state index in [0.29, 0.717) is 6.61 Å². The molecule has 2 aliphatic rings. The summed E-state index contributed by atoms with van der Waals surface area (Å²) < 4.78 is 11.1. The van der Waals surface area contributed by atoms with Gasteiger partial charge in [0, 0.05) is 25.8 Å². The van der Waals surface area contributed by atoms with Gasteiger partial charge in [-0.3, -0.25) is 4.79 Å². The molecule has 3 rings (SSSR count). The van der Waals surface area contributed by atoms with E-state index in [1.807, 2.05) is 40.0 Å². The highest BCUT2D eigenvalue weighted by molar-refractivity contribution is 5.97. The standard InChI is InChI=1S/C15H20N2O3.C2H6/c1-11-10-20-14-4-3-12(17-5-7-19-8-6-17)9-13(14)16(2)15(11)18;1-2/h3-4,9,11H,5-8,10H2,1-2H3;1-2H3. The zero-order valence-electron chi connectivity index (χ0n) is 14.0. The molecule has 122 valence electrons. The molecule has 0 radical (unpaired) electrons. The van der Waals surface area contributed by atoms with Gasteiger partial charge < -0.3 is 19.3 Å². The highest BCUT2D eigenvalue weighted by atomic mass is 16.5. The van der Waals surface area contributed by atoms with Crippen molar-refractivity contribution in [1.29, 1.82) is 0 Å². The van der Waals surface area contributed by atoms with Crippen LogP contribution in [0.3, 0.4) is 0 Å². The van der Waals surface area contributed by atoms with Gasteiger partial charge >= 0.3 is 0 Å². The SMILES string of the molecule is CC.CC1COc2ccc(N3CCOCC3)cc2N(C)C1=O. The average Bonchev–Trinajstić information content (AvgIpc) is 2.70. The molecule has 0 aromatic heterocycles. The van der Waals surface area contributed by atoms with Gasteiger partial charge in [-0.1, -0.05) is 20.8 Å². The van der Waals surface area contributed by atoms with E-state index in [-0.39, 0.29) is 11.8 Å². The number of fused-ring (bicyclic) bond motifs is 1. The molecule has 5 nitrogen and oxygen atoms in total. The lowest BCUT2D eigenvalue weighted by Crippen LogP contribution is -2.36. The van der Waals surface area contributed by atoms with Gasteiger partial charge in [0.05, 0.1) is 31.4 Å². The maximum Gasteiger partial charge on any atom is 0.233 e. The third kappa shape index (κ3) is 3.35. The molecule has 1 unspecified atom stereocenters. The quantitative estimate of drug-likeness (QED) is 0.799. The summed E-state index contributed by atoms with van der Waals surface area (Å²) in [6.45, 7) is 9.60. The van der Waals surface area contributed by atoms with Crippen molar-refractivity contribution >= 4 is 17.3 Å². The number of ether oxygens (including phenoxy) is 2. The number of rotatable bonds is 1. The molecule has 1 aromatic carbocycles. The highest BCUT2D eigenvalue weighted by Crippen LogP contribution is 2.35. The van der Waals surface area contributed by atoms with Crippen molar-refractivity contribution < 1.29 is 14.3 Å². The molecule has 0 N–H and O–H groups in total. The van der Waals surface area contributed by atoms with Crippen LogP contribution in [0.5, 0.6) is 5.75 Å². The lowest BCUT2D eigenvalue weighted by atomic mass is 10.1. The molecule has 0 aliphatic carbocycles. The fraction of sp³-hybridized carbons (Fsp3) is 0.588. The predicted molar refractivity (Wildman–Crippen MR) is 88.9 cm³/mol. The molecule has 22 heavy (non-hydrogen) atoms. The minimum atomic E-state index is -0.112. The van der Waals surface area contributed by atoms with Crippen molar-refractivity contribution in [3.8, 4) is 5.75 Å². The Morgan fingerprint density at radius 3 is 2.55 bits per heavy atom. The summed E-state index contributed by atoms with van der Waals surface area (Å²) in [7, 11) is 1.81. The fourth-order valence-electron chi connectivity index (χ4n) is 2.64. The summed E-state index contributed by atoms with van der Waals surface area (Å²) in [6.07, 6.45) is 0. The third-order valence-corrected chi connectivity index (χ3v) is 3.92. The van der Waals surface area contributed by atoms with E-state index in [0.717, 1.165) is 43.4 Å². The van der Waals surface area contributed by atoms with E-state index in [4.69, 9.17) is 9.47 Å². The molecule has 1 saturated heterocycles. The molecule has 0 spiro atoms. The number of morpholine rings is 1. The summed E-state index contributed by atoms with van der Waals surface area (Å²) in [6, 6.07) is 6.05. The smallest absolute Gasteiger partial charge is 0.233 e. The van der Waals surface area contributed by atoms with E-state index in [2.05, 4.69) is 11.0 Å². The van der Waals surface area contributed by atoms with Gasteiger partial charge in [-0.2, -0.15) is 0 Å². The molecule has 2 heterocycles. The van der Waals surface area contributed by atoms with Crippen molar-refractivity contribution in [3.63, 3.8) is 0 Å². The average molecular weight is 306 g/mol. The molecule has 1 aromatic rings. The van der Waals surface area contributed by atoms with Crippen molar-refractivity contribution in [3.05, 3.63) is 18.2 Å². The van der Waals surface area contributed by atoms with E-state index in [9.17, 15) is 4.79 Å². The minimum Gasteiger partial charge on any atom is -0.491 e. The van der Waals surface area contributed by atoms with E-state index >= 15 is 0 Å². The monoisotopic (exact) mass is 306 g/mol. The van der Waals surface area contributed by atoms with Crippen molar-refractivity contribution in [1.82, 2.24) is 0 Å². The van der Waals surface area contributed by atoms with Crippen LogP contribution in [0, 0.1) is 5.92 Å². The summed E-state index contributed by atoms with van der Waals surface area (Å²) >= 11 is 0. The summed E-state index contributed by atoms with van der Waals surface area (Å²) in [5.41, 5.74) is 1.97. The first-order chi connectivity index (χ1) is 10.7. The Morgan fingerprint density at radius 1 is 1.18 bits per heavy atom. The second-order valence-electron chi connectivity index (χ2n) is 5.36. The Labute approximate surface area is 132 Å². The zero-order chi connectivity index (χ0) is 16.1. The summed E-state index contributed by atoms with van der Waals surface area (Å²) in [5, 5.41) is 0. The number of hydrogen-bond donors (Lipinski definition) is 0. The number of amides is 1. The van der Waals surface area contributed by atoms with Crippen molar-refractivity contribution in [2.75, 3.05) is 49.8 Å². The first-order valence-corrected chi connectivity index (χ1v) is 8.04. The molecule has 1 fully saturated rings. The Hall–Kier alpha value is -1.75.